The molecule has 0 spiro atoms. The van der Waals surface area contributed by atoms with Gasteiger partial charge >= 0.3 is 5.97 Å². The second-order valence-electron chi connectivity index (χ2n) is 2.88. The number of allylic oxidation sites excluding steroid dienone is 1. The standard InChI is InChI=1S/C10H16O4/c1-3-6-14-7-9(11)5-4-8(2)10(12)13/h3-4,6,9,11H,5,7H2,1-2H3,(H,12,13). The van der Waals surface area contributed by atoms with Gasteiger partial charge in [-0.05, 0) is 20.3 Å². The molecule has 0 saturated carbocycles. The van der Waals surface area contributed by atoms with Crippen molar-refractivity contribution in [2.75, 3.05) is 6.61 Å². The Bertz CT molecular complexity index is 230. The van der Waals surface area contributed by atoms with E-state index in [4.69, 9.17) is 9.84 Å². The van der Waals surface area contributed by atoms with E-state index < -0.39 is 12.1 Å². The fourth-order valence-corrected chi connectivity index (χ4v) is 0.731. The van der Waals surface area contributed by atoms with E-state index in [1.807, 2.05) is 0 Å². The molecule has 14 heavy (non-hydrogen) atoms. The number of aliphatic hydroxyl groups is 1. The molecule has 0 heterocycles. The number of rotatable bonds is 6. The van der Waals surface area contributed by atoms with Crippen molar-refractivity contribution in [2.45, 2.75) is 26.4 Å². The van der Waals surface area contributed by atoms with E-state index in [2.05, 4.69) is 0 Å². The molecule has 4 heteroatoms. The first-order chi connectivity index (χ1) is 6.57. The van der Waals surface area contributed by atoms with E-state index in [0.29, 0.717) is 0 Å². The SMILES string of the molecule is CC=COCC(O)CC=C(C)C(=O)O. The molecule has 0 aliphatic carbocycles. The van der Waals surface area contributed by atoms with Gasteiger partial charge in [0.05, 0.1) is 12.4 Å². The van der Waals surface area contributed by atoms with Gasteiger partial charge in [-0.25, -0.2) is 4.79 Å². The summed E-state index contributed by atoms with van der Waals surface area (Å²) in [6.07, 6.45) is 4.30. The van der Waals surface area contributed by atoms with E-state index in [9.17, 15) is 9.90 Å². The number of ether oxygens (including phenoxy) is 1. The molecule has 1 atom stereocenters. The number of hydrogen-bond acceptors (Lipinski definition) is 3. The smallest absolute Gasteiger partial charge is 0.330 e. The number of carboxylic acid groups (broad SMARTS) is 1. The fraction of sp³-hybridized carbons (Fsp3) is 0.500. The molecule has 0 radical (unpaired) electrons. The summed E-state index contributed by atoms with van der Waals surface area (Å²) in [6.45, 7) is 3.47. The lowest BCUT2D eigenvalue weighted by molar-refractivity contribution is -0.132. The van der Waals surface area contributed by atoms with Crippen LogP contribution in [0.25, 0.3) is 0 Å². The van der Waals surface area contributed by atoms with Crippen molar-refractivity contribution in [2.24, 2.45) is 0 Å². The Morgan fingerprint density at radius 2 is 2.21 bits per heavy atom. The first kappa shape index (κ1) is 12.7. The van der Waals surface area contributed by atoms with Gasteiger partial charge in [0, 0.05) is 5.57 Å². The van der Waals surface area contributed by atoms with Gasteiger partial charge in [0.25, 0.3) is 0 Å². The highest BCUT2D eigenvalue weighted by atomic mass is 16.5. The summed E-state index contributed by atoms with van der Waals surface area (Å²) in [7, 11) is 0. The van der Waals surface area contributed by atoms with Crippen LogP contribution in [0.2, 0.25) is 0 Å². The van der Waals surface area contributed by atoms with E-state index in [1.165, 1.54) is 19.3 Å². The Kier molecular flexibility index (Phi) is 6.49. The average Bonchev–Trinajstić information content (AvgIpc) is 2.14. The summed E-state index contributed by atoms with van der Waals surface area (Å²) >= 11 is 0. The first-order valence-electron chi connectivity index (χ1n) is 4.38. The molecule has 4 nitrogen and oxygen atoms in total. The normalized spacial score (nSPS) is 14.4. The van der Waals surface area contributed by atoms with Crippen LogP contribution in [0.1, 0.15) is 20.3 Å². The third-order valence-electron chi connectivity index (χ3n) is 1.55. The molecule has 0 aliphatic rings. The predicted octanol–water partition coefficient (Wildman–Crippen LogP) is 1.32. The molecule has 2 N–H and O–H groups in total. The summed E-state index contributed by atoms with van der Waals surface area (Å²) in [5.74, 6) is -0.966. The molecule has 80 valence electrons. The van der Waals surface area contributed by atoms with Gasteiger partial charge in [0.1, 0.15) is 6.61 Å². The average molecular weight is 200 g/mol. The Morgan fingerprint density at radius 3 is 2.71 bits per heavy atom. The van der Waals surface area contributed by atoms with Gasteiger partial charge in [0.15, 0.2) is 0 Å². The number of aliphatic hydroxyl groups excluding tert-OH is 1. The quantitative estimate of drug-likeness (QED) is 0.501. The maximum Gasteiger partial charge on any atom is 0.330 e. The largest absolute Gasteiger partial charge is 0.499 e. The van der Waals surface area contributed by atoms with Crippen LogP contribution in [0, 0.1) is 0 Å². The monoisotopic (exact) mass is 200 g/mol. The minimum absolute atomic E-state index is 0.174. The van der Waals surface area contributed by atoms with Crippen LogP contribution < -0.4 is 0 Å². The molecule has 0 fully saturated rings. The molecule has 0 bridgehead atoms. The zero-order valence-electron chi connectivity index (χ0n) is 8.43. The molecule has 1 unspecified atom stereocenters. The lowest BCUT2D eigenvalue weighted by Crippen LogP contribution is -2.12. The van der Waals surface area contributed by atoms with E-state index in [-0.39, 0.29) is 18.6 Å². The van der Waals surface area contributed by atoms with Gasteiger partial charge in [-0.2, -0.15) is 0 Å². The van der Waals surface area contributed by atoms with Gasteiger partial charge in [-0.15, -0.1) is 0 Å². The van der Waals surface area contributed by atoms with Crippen LogP contribution in [-0.4, -0.2) is 28.9 Å². The molecule has 0 aromatic carbocycles. The second-order valence-corrected chi connectivity index (χ2v) is 2.88. The second kappa shape index (κ2) is 7.15. The number of carbonyl (C=O) groups is 1. The van der Waals surface area contributed by atoms with Gasteiger partial charge in [-0.3, -0.25) is 0 Å². The van der Waals surface area contributed by atoms with Gasteiger partial charge in [-0.1, -0.05) is 12.2 Å². The highest BCUT2D eigenvalue weighted by Crippen LogP contribution is 2.00. The Hall–Kier alpha value is -1.29. The fourth-order valence-electron chi connectivity index (χ4n) is 0.731. The topological polar surface area (TPSA) is 66.8 Å². The molecular weight excluding hydrogens is 184 g/mol. The third kappa shape index (κ3) is 6.25. The summed E-state index contributed by atoms with van der Waals surface area (Å²) in [4.78, 5) is 10.4. The molecule has 0 saturated heterocycles. The Labute approximate surface area is 83.5 Å². The zero-order valence-corrected chi connectivity index (χ0v) is 8.43. The lowest BCUT2D eigenvalue weighted by Gasteiger charge is -2.07. The van der Waals surface area contributed by atoms with Gasteiger partial charge in [0.2, 0.25) is 0 Å². The number of aliphatic carboxylic acids is 1. The van der Waals surface area contributed by atoms with E-state index >= 15 is 0 Å². The van der Waals surface area contributed by atoms with Crippen LogP contribution >= 0.6 is 0 Å². The first-order valence-corrected chi connectivity index (χ1v) is 4.38. The van der Waals surface area contributed by atoms with Crippen molar-refractivity contribution in [3.05, 3.63) is 24.0 Å². The van der Waals surface area contributed by atoms with Crippen molar-refractivity contribution in [3.8, 4) is 0 Å². The summed E-state index contributed by atoms with van der Waals surface area (Å²) in [6, 6.07) is 0. The van der Waals surface area contributed by atoms with Crippen LogP contribution in [0.3, 0.4) is 0 Å². The van der Waals surface area contributed by atoms with Crippen molar-refractivity contribution >= 4 is 5.97 Å². The molecule has 0 rings (SSSR count). The Morgan fingerprint density at radius 1 is 1.57 bits per heavy atom. The van der Waals surface area contributed by atoms with E-state index in [1.54, 1.807) is 13.0 Å². The maximum absolute atomic E-state index is 10.4. The highest BCUT2D eigenvalue weighted by Gasteiger charge is 2.04. The molecular formula is C10H16O4. The zero-order chi connectivity index (χ0) is 11.0. The summed E-state index contributed by atoms with van der Waals surface area (Å²) in [5.41, 5.74) is 0.232. The van der Waals surface area contributed by atoms with Crippen LogP contribution in [0.5, 0.6) is 0 Å². The highest BCUT2D eigenvalue weighted by molar-refractivity contribution is 5.85. The molecule has 0 aromatic rings. The lowest BCUT2D eigenvalue weighted by atomic mass is 10.2. The van der Waals surface area contributed by atoms with Crippen molar-refractivity contribution in [1.82, 2.24) is 0 Å². The minimum Gasteiger partial charge on any atom is -0.499 e. The summed E-state index contributed by atoms with van der Waals surface area (Å²) in [5, 5.41) is 17.8. The van der Waals surface area contributed by atoms with Crippen LogP contribution in [-0.2, 0) is 9.53 Å². The number of carboxylic acids is 1. The predicted molar refractivity (Wildman–Crippen MR) is 52.8 cm³/mol. The van der Waals surface area contributed by atoms with Gasteiger partial charge < -0.3 is 14.9 Å². The van der Waals surface area contributed by atoms with Crippen LogP contribution in [0.4, 0.5) is 0 Å². The minimum atomic E-state index is -0.966. The van der Waals surface area contributed by atoms with Crippen molar-refractivity contribution < 1.29 is 19.7 Å². The van der Waals surface area contributed by atoms with Crippen LogP contribution in [0.15, 0.2) is 24.0 Å². The van der Waals surface area contributed by atoms with E-state index in [0.717, 1.165) is 0 Å². The Balaban J connectivity index is 3.78. The molecule has 0 aliphatic heterocycles. The molecule has 0 aromatic heterocycles. The summed E-state index contributed by atoms with van der Waals surface area (Å²) < 4.78 is 4.93. The van der Waals surface area contributed by atoms with Crippen molar-refractivity contribution in [3.63, 3.8) is 0 Å². The third-order valence-corrected chi connectivity index (χ3v) is 1.55. The van der Waals surface area contributed by atoms with Crippen molar-refractivity contribution in [1.29, 1.82) is 0 Å². The maximum atomic E-state index is 10.4. The molecule has 0 amide bonds. The number of hydrogen-bond donors (Lipinski definition) is 2.